The van der Waals surface area contributed by atoms with Crippen LogP contribution in [0.3, 0.4) is 0 Å². The Morgan fingerprint density at radius 3 is 1.06 bits per heavy atom. The minimum Gasteiger partial charge on any atom is -0.257 e. The van der Waals surface area contributed by atoms with Crippen LogP contribution in [0.1, 0.15) is 66.8 Å². The van der Waals surface area contributed by atoms with Crippen molar-refractivity contribution >= 4 is 0 Å². The van der Waals surface area contributed by atoms with Gasteiger partial charge in [-0.15, -0.1) is 0 Å². The fourth-order valence-electron chi connectivity index (χ4n) is 1.10. The van der Waals surface area contributed by atoms with Gasteiger partial charge >= 0.3 is 0 Å². The summed E-state index contributed by atoms with van der Waals surface area (Å²) in [5, 5.41) is 0. The lowest BCUT2D eigenvalue weighted by atomic mass is 9.90. The van der Waals surface area contributed by atoms with Gasteiger partial charge in [-0.2, -0.15) is 0 Å². The van der Waals surface area contributed by atoms with Crippen LogP contribution in [0.15, 0.2) is 12.4 Å². The van der Waals surface area contributed by atoms with Gasteiger partial charge in [-0.05, 0) is 0 Å². The van der Waals surface area contributed by atoms with E-state index in [1.807, 2.05) is 26.2 Å². The number of rotatable bonds is 0. The largest absolute Gasteiger partial charge is 0.257 e. The van der Waals surface area contributed by atoms with E-state index < -0.39 is 0 Å². The molecule has 0 saturated heterocycles. The molecule has 0 spiro atoms. The highest BCUT2D eigenvalue weighted by Crippen LogP contribution is 2.22. The maximum absolute atomic E-state index is 4.45. The molecule has 16 heavy (non-hydrogen) atoms. The van der Waals surface area contributed by atoms with Gasteiger partial charge in [0.15, 0.2) is 0 Å². The summed E-state index contributed by atoms with van der Waals surface area (Å²) in [6.07, 6.45) is 3.78. The van der Waals surface area contributed by atoms with E-state index in [1.54, 1.807) is 0 Å². The maximum Gasteiger partial charge on any atom is 0.0640 e. The lowest BCUT2D eigenvalue weighted by molar-refractivity contribution is 0.539. The Balaban J connectivity index is 0.00000106. The number of hydrogen-bond donors (Lipinski definition) is 0. The number of aromatic nitrogens is 2. The summed E-state index contributed by atoms with van der Waals surface area (Å²) >= 11 is 0. The van der Waals surface area contributed by atoms with E-state index in [0.717, 1.165) is 11.4 Å². The maximum atomic E-state index is 4.45. The average molecular weight is 222 g/mol. The Bertz CT molecular complexity index is 266. The number of nitrogens with zero attached hydrogens (tertiary/aromatic N) is 2. The molecule has 0 atom stereocenters. The SMILES string of the molecule is CC.CC(C)(C)c1cnc(C(C)(C)C)cn1. The molecule has 0 aliphatic rings. The molecule has 1 heterocycles. The van der Waals surface area contributed by atoms with Crippen LogP contribution in [0.4, 0.5) is 0 Å². The standard InChI is InChI=1S/C12H20N2.C2H6/c1-11(2,3)9-7-14-10(8-13-9)12(4,5)6;1-2/h7-8H,1-6H3;1-2H3. The summed E-state index contributed by atoms with van der Waals surface area (Å²) in [7, 11) is 0. The van der Waals surface area contributed by atoms with Crippen LogP contribution in [0.2, 0.25) is 0 Å². The monoisotopic (exact) mass is 222 g/mol. The van der Waals surface area contributed by atoms with Gasteiger partial charge < -0.3 is 0 Å². The molecule has 0 radical (unpaired) electrons. The zero-order chi connectivity index (χ0) is 13.0. The molecule has 0 N–H and O–H groups in total. The third-order valence-electron chi connectivity index (χ3n) is 2.19. The van der Waals surface area contributed by atoms with Crippen LogP contribution >= 0.6 is 0 Å². The van der Waals surface area contributed by atoms with Gasteiger partial charge in [0, 0.05) is 23.2 Å². The minimum atomic E-state index is 0.0867. The van der Waals surface area contributed by atoms with Crippen molar-refractivity contribution in [3.8, 4) is 0 Å². The normalized spacial score (nSPS) is 11.8. The molecular weight excluding hydrogens is 196 g/mol. The zero-order valence-corrected chi connectivity index (χ0v) is 12.0. The average Bonchev–Trinajstić information content (AvgIpc) is 2.18. The molecule has 1 rings (SSSR count). The second-order valence-corrected chi connectivity index (χ2v) is 5.79. The van der Waals surface area contributed by atoms with E-state index in [-0.39, 0.29) is 10.8 Å². The number of hydrogen-bond acceptors (Lipinski definition) is 2. The summed E-state index contributed by atoms with van der Waals surface area (Å²) in [6, 6.07) is 0. The lowest BCUT2D eigenvalue weighted by Crippen LogP contribution is -2.18. The van der Waals surface area contributed by atoms with Gasteiger partial charge in [-0.1, -0.05) is 55.4 Å². The molecule has 0 aliphatic carbocycles. The van der Waals surface area contributed by atoms with Gasteiger partial charge in [0.2, 0.25) is 0 Å². The van der Waals surface area contributed by atoms with Crippen molar-refractivity contribution in [1.29, 1.82) is 0 Å². The summed E-state index contributed by atoms with van der Waals surface area (Å²) in [4.78, 5) is 8.91. The summed E-state index contributed by atoms with van der Waals surface area (Å²) < 4.78 is 0. The van der Waals surface area contributed by atoms with Crippen molar-refractivity contribution in [2.24, 2.45) is 0 Å². The van der Waals surface area contributed by atoms with Crippen molar-refractivity contribution in [3.63, 3.8) is 0 Å². The highest BCUT2D eigenvalue weighted by molar-refractivity contribution is 5.15. The topological polar surface area (TPSA) is 25.8 Å². The smallest absolute Gasteiger partial charge is 0.0640 e. The quantitative estimate of drug-likeness (QED) is 0.660. The van der Waals surface area contributed by atoms with Crippen molar-refractivity contribution in [2.75, 3.05) is 0 Å². The Kier molecular flexibility index (Phi) is 5.11. The lowest BCUT2D eigenvalue weighted by Gasteiger charge is -2.20. The van der Waals surface area contributed by atoms with Crippen molar-refractivity contribution in [3.05, 3.63) is 23.8 Å². The highest BCUT2D eigenvalue weighted by Gasteiger charge is 2.19. The molecule has 1 aromatic heterocycles. The predicted octanol–water partition coefficient (Wildman–Crippen LogP) is 4.10. The van der Waals surface area contributed by atoms with E-state index in [1.165, 1.54) is 0 Å². The van der Waals surface area contributed by atoms with Gasteiger partial charge in [0.1, 0.15) is 0 Å². The van der Waals surface area contributed by atoms with Crippen molar-refractivity contribution in [2.45, 2.75) is 66.2 Å². The molecule has 0 aliphatic heterocycles. The minimum absolute atomic E-state index is 0.0867. The second-order valence-electron chi connectivity index (χ2n) is 5.79. The molecule has 0 fully saturated rings. The third-order valence-corrected chi connectivity index (χ3v) is 2.19. The van der Waals surface area contributed by atoms with Crippen LogP contribution in [-0.4, -0.2) is 9.97 Å². The van der Waals surface area contributed by atoms with Crippen LogP contribution in [0.5, 0.6) is 0 Å². The predicted molar refractivity (Wildman–Crippen MR) is 70.8 cm³/mol. The molecule has 0 amide bonds. The second kappa shape index (κ2) is 5.42. The molecule has 0 bridgehead atoms. The van der Waals surface area contributed by atoms with Crippen LogP contribution in [0.25, 0.3) is 0 Å². The summed E-state index contributed by atoms with van der Waals surface area (Å²) in [5.74, 6) is 0. The Labute approximate surface area is 101 Å². The molecule has 0 saturated carbocycles. The van der Waals surface area contributed by atoms with Crippen LogP contribution in [0, 0.1) is 0 Å². The molecule has 0 aromatic carbocycles. The third kappa shape index (κ3) is 4.30. The Morgan fingerprint density at radius 2 is 0.938 bits per heavy atom. The highest BCUT2D eigenvalue weighted by atomic mass is 14.8. The Hall–Kier alpha value is -0.920. The van der Waals surface area contributed by atoms with Crippen LogP contribution in [-0.2, 0) is 10.8 Å². The van der Waals surface area contributed by atoms with Gasteiger partial charge in [-0.25, -0.2) is 0 Å². The van der Waals surface area contributed by atoms with Crippen LogP contribution < -0.4 is 0 Å². The molecule has 0 unspecified atom stereocenters. The van der Waals surface area contributed by atoms with Crippen molar-refractivity contribution in [1.82, 2.24) is 9.97 Å². The summed E-state index contributed by atoms with van der Waals surface area (Å²) in [6.45, 7) is 16.9. The van der Waals surface area contributed by atoms with Gasteiger partial charge in [0.05, 0.1) is 11.4 Å². The first-order chi connectivity index (χ1) is 7.21. The molecular formula is C14H26N2. The summed E-state index contributed by atoms with van der Waals surface area (Å²) in [5.41, 5.74) is 2.27. The molecule has 2 heteroatoms. The van der Waals surface area contributed by atoms with E-state index >= 15 is 0 Å². The fraction of sp³-hybridized carbons (Fsp3) is 0.714. The van der Waals surface area contributed by atoms with E-state index in [9.17, 15) is 0 Å². The van der Waals surface area contributed by atoms with E-state index in [0.29, 0.717) is 0 Å². The first-order valence-electron chi connectivity index (χ1n) is 6.04. The Morgan fingerprint density at radius 1 is 0.688 bits per heavy atom. The van der Waals surface area contributed by atoms with Crippen molar-refractivity contribution < 1.29 is 0 Å². The van der Waals surface area contributed by atoms with E-state index in [2.05, 4.69) is 51.5 Å². The van der Waals surface area contributed by atoms with Gasteiger partial charge in [0.25, 0.3) is 0 Å². The fourth-order valence-corrected chi connectivity index (χ4v) is 1.10. The molecule has 92 valence electrons. The van der Waals surface area contributed by atoms with E-state index in [4.69, 9.17) is 0 Å². The first kappa shape index (κ1) is 15.1. The van der Waals surface area contributed by atoms with Gasteiger partial charge in [-0.3, -0.25) is 9.97 Å². The molecule has 2 nitrogen and oxygen atoms in total. The first-order valence-corrected chi connectivity index (χ1v) is 6.04. The molecule has 1 aromatic rings. The zero-order valence-electron chi connectivity index (χ0n) is 12.0.